The van der Waals surface area contributed by atoms with Crippen LogP contribution in [0.1, 0.15) is 24.2 Å². The lowest BCUT2D eigenvalue weighted by Crippen LogP contribution is -2.50. The highest BCUT2D eigenvalue weighted by Gasteiger charge is 2.24. The van der Waals surface area contributed by atoms with Crippen LogP contribution in [0.5, 0.6) is 0 Å². The molecule has 2 aromatic rings. The molecule has 1 saturated heterocycles. The van der Waals surface area contributed by atoms with Crippen molar-refractivity contribution in [2.24, 2.45) is 5.92 Å². The summed E-state index contributed by atoms with van der Waals surface area (Å²) >= 11 is 17.4. The van der Waals surface area contributed by atoms with Gasteiger partial charge in [0, 0.05) is 37.1 Å². The molecule has 9 heteroatoms. The minimum absolute atomic E-state index is 0.00510. The quantitative estimate of drug-likeness (QED) is 0.636. The van der Waals surface area contributed by atoms with Crippen LogP contribution in [0.2, 0.25) is 10.0 Å². The van der Waals surface area contributed by atoms with E-state index in [4.69, 9.17) is 35.4 Å². The van der Waals surface area contributed by atoms with E-state index in [1.165, 1.54) is 6.07 Å². The SMILES string of the molecule is CC(C)C(=O)N1CCN(c2ccccc2NC(=S)NC(=O)c2cc(Cl)ccc2Cl)CC1. The van der Waals surface area contributed by atoms with Gasteiger partial charge in [-0.3, -0.25) is 14.9 Å². The van der Waals surface area contributed by atoms with E-state index in [1.54, 1.807) is 12.1 Å². The zero-order valence-corrected chi connectivity index (χ0v) is 19.7. The smallest absolute Gasteiger partial charge is 0.258 e. The number of para-hydroxylation sites is 2. The Kier molecular flexibility index (Phi) is 7.75. The Balaban J connectivity index is 1.66. The van der Waals surface area contributed by atoms with Crippen molar-refractivity contribution in [2.75, 3.05) is 36.4 Å². The highest BCUT2D eigenvalue weighted by molar-refractivity contribution is 7.80. The fraction of sp³-hybridized carbons (Fsp3) is 0.318. The van der Waals surface area contributed by atoms with Crippen molar-refractivity contribution in [1.29, 1.82) is 0 Å². The average Bonchev–Trinajstić information content (AvgIpc) is 2.75. The Morgan fingerprint density at radius 3 is 2.39 bits per heavy atom. The van der Waals surface area contributed by atoms with Gasteiger partial charge in [0.2, 0.25) is 5.91 Å². The average molecular weight is 479 g/mol. The molecule has 164 valence electrons. The second-order valence-electron chi connectivity index (χ2n) is 7.52. The normalized spacial score (nSPS) is 13.8. The van der Waals surface area contributed by atoms with Gasteiger partial charge in [0.05, 0.1) is 22.0 Å². The molecule has 0 spiro atoms. The van der Waals surface area contributed by atoms with Crippen molar-refractivity contribution in [3.63, 3.8) is 0 Å². The highest BCUT2D eigenvalue weighted by Crippen LogP contribution is 2.27. The van der Waals surface area contributed by atoms with Gasteiger partial charge in [-0.1, -0.05) is 49.2 Å². The number of hydrogen-bond acceptors (Lipinski definition) is 4. The predicted molar refractivity (Wildman–Crippen MR) is 130 cm³/mol. The summed E-state index contributed by atoms with van der Waals surface area (Å²) in [7, 11) is 0. The summed E-state index contributed by atoms with van der Waals surface area (Å²) in [5.74, 6) is -0.271. The van der Waals surface area contributed by atoms with Gasteiger partial charge in [0.25, 0.3) is 5.91 Å². The Bertz CT molecular complexity index is 991. The van der Waals surface area contributed by atoms with Gasteiger partial charge in [-0.2, -0.15) is 0 Å². The molecule has 0 unspecified atom stereocenters. The second-order valence-corrected chi connectivity index (χ2v) is 8.77. The van der Waals surface area contributed by atoms with E-state index in [-0.39, 0.29) is 22.5 Å². The molecule has 1 fully saturated rings. The summed E-state index contributed by atoms with van der Waals surface area (Å²) in [6.45, 7) is 6.60. The number of piperazine rings is 1. The van der Waals surface area contributed by atoms with Gasteiger partial charge < -0.3 is 15.1 Å². The van der Waals surface area contributed by atoms with Gasteiger partial charge in [0.15, 0.2) is 5.11 Å². The zero-order valence-electron chi connectivity index (χ0n) is 17.3. The molecule has 31 heavy (non-hydrogen) atoms. The van der Waals surface area contributed by atoms with Crippen LogP contribution in [0.25, 0.3) is 0 Å². The number of carbonyl (C=O) groups is 2. The third kappa shape index (κ3) is 5.87. The summed E-state index contributed by atoms with van der Waals surface area (Å²) in [6, 6.07) is 12.4. The van der Waals surface area contributed by atoms with Crippen LogP contribution in [-0.2, 0) is 4.79 Å². The van der Waals surface area contributed by atoms with Crippen molar-refractivity contribution in [3.05, 3.63) is 58.1 Å². The van der Waals surface area contributed by atoms with Crippen molar-refractivity contribution in [2.45, 2.75) is 13.8 Å². The molecule has 0 aromatic heterocycles. The molecule has 0 aliphatic carbocycles. The zero-order chi connectivity index (χ0) is 22.5. The van der Waals surface area contributed by atoms with Crippen LogP contribution in [-0.4, -0.2) is 48.0 Å². The fourth-order valence-electron chi connectivity index (χ4n) is 3.38. The standard InChI is InChI=1S/C22H24Cl2N4O2S/c1-14(2)21(30)28-11-9-27(10-12-28)19-6-4-3-5-18(19)25-22(31)26-20(29)16-13-15(23)7-8-17(16)24/h3-8,13-14H,9-12H2,1-2H3,(H2,25,26,29,31). The molecule has 6 nitrogen and oxygen atoms in total. The summed E-state index contributed by atoms with van der Waals surface area (Å²) in [5, 5.41) is 6.60. The summed E-state index contributed by atoms with van der Waals surface area (Å²) in [6.07, 6.45) is 0. The van der Waals surface area contributed by atoms with E-state index in [0.717, 1.165) is 11.4 Å². The molecule has 0 bridgehead atoms. The number of thiocarbonyl (C=S) groups is 1. The molecule has 2 N–H and O–H groups in total. The number of anilines is 2. The van der Waals surface area contributed by atoms with Gasteiger partial charge >= 0.3 is 0 Å². The second kappa shape index (κ2) is 10.3. The first-order valence-electron chi connectivity index (χ1n) is 9.96. The number of halogens is 2. The molecule has 0 saturated carbocycles. The van der Waals surface area contributed by atoms with Crippen LogP contribution < -0.4 is 15.5 Å². The molecule has 1 aliphatic heterocycles. The van der Waals surface area contributed by atoms with Crippen molar-refractivity contribution in [1.82, 2.24) is 10.2 Å². The van der Waals surface area contributed by atoms with Crippen LogP contribution in [0.3, 0.4) is 0 Å². The third-order valence-electron chi connectivity index (χ3n) is 4.98. The van der Waals surface area contributed by atoms with Crippen molar-refractivity contribution < 1.29 is 9.59 Å². The topological polar surface area (TPSA) is 64.7 Å². The molecule has 1 aliphatic rings. The number of hydrogen-bond donors (Lipinski definition) is 2. The number of rotatable bonds is 4. The number of amides is 2. The van der Waals surface area contributed by atoms with Crippen LogP contribution in [0.15, 0.2) is 42.5 Å². The molecule has 2 amide bonds. The molecule has 0 radical (unpaired) electrons. The van der Waals surface area contributed by atoms with E-state index >= 15 is 0 Å². The Hall–Kier alpha value is -2.35. The Morgan fingerprint density at radius 2 is 1.71 bits per heavy atom. The maximum atomic E-state index is 12.5. The first-order chi connectivity index (χ1) is 14.8. The summed E-state index contributed by atoms with van der Waals surface area (Å²) in [4.78, 5) is 28.9. The van der Waals surface area contributed by atoms with Crippen LogP contribution in [0.4, 0.5) is 11.4 Å². The van der Waals surface area contributed by atoms with E-state index < -0.39 is 5.91 Å². The fourth-order valence-corrected chi connectivity index (χ4v) is 3.96. The minimum Gasteiger partial charge on any atom is -0.366 e. The Morgan fingerprint density at radius 1 is 1.03 bits per heavy atom. The monoisotopic (exact) mass is 478 g/mol. The van der Waals surface area contributed by atoms with Crippen molar-refractivity contribution in [3.8, 4) is 0 Å². The molecular formula is C22H24Cl2N4O2S. The Labute approximate surface area is 197 Å². The lowest BCUT2D eigenvalue weighted by molar-refractivity contribution is -0.134. The number of benzene rings is 2. The van der Waals surface area contributed by atoms with E-state index in [2.05, 4.69) is 15.5 Å². The molecule has 0 atom stereocenters. The summed E-state index contributed by atoms with van der Waals surface area (Å²) < 4.78 is 0. The van der Waals surface area contributed by atoms with Crippen LogP contribution in [0, 0.1) is 5.92 Å². The minimum atomic E-state index is -0.441. The number of carbonyl (C=O) groups excluding carboxylic acids is 2. The number of nitrogens with one attached hydrogen (secondary N) is 2. The van der Waals surface area contributed by atoms with E-state index in [0.29, 0.717) is 36.2 Å². The maximum absolute atomic E-state index is 12.5. The third-order valence-corrected chi connectivity index (χ3v) is 5.75. The lowest BCUT2D eigenvalue weighted by Gasteiger charge is -2.37. The molecule has 3 rings (SSSR count). The molecule has 2 aromatic carbocycles. The van der Waals surface area contributed by atoms with Gasteiger partial charge in [0.1, 0.15) is 0 Å². The van der Waals surface area contributed by atoms with E-state index in [9.17, 15) is 9.59 Å². The van der Waals surface area contributed by atoms with Gasteiger partial charge in [-0.05, 0) is 42.5 Å². The number of nitrogens with zero attached hydrogens (tertiary/aromatic N) is 2. The van der Waals surface area contributed by atoms with Crippen LogP contribution >= 0.6 is 35.4 Å². The summed E-state index contributed by atoms with van der Waals surface area (Å²) in [5.41, 5.74) is 1.97. The first-order valence-corrected chi connectivity index (χ1v) is 11.1. The highest BCUT2D eigenvalue weighted by atomic mass is 35.5. The first kappa shape index (κ1) is 23.3. The van der Waals surface area contributed by atoms with Gasteiger partial charge in [-0.15, -0.1) is 0 Å². The maximum Gasteiger partial charge on any atom is 0.258 e. The van der Waals surface area contributed by atoms with E-state index in [1.807, 2.05) is 43.0 Å². The van der Waals surface area contributed by atoms with Crippen molar-refractivity contribution >= 4 is 63.7 Å². The predicted octanol–water partition coefficient (Wildman–Crippen LogP) is 4.42. The lowest BCUT2D eigenvalue weighted by atomic mass is 10.1. The molecule has 1 heterocycles. The van der Waals surface area contributed by atoms with Gasteiger partial charge in [-0.25, -0.2) is 0 Å². The molecular weight excluding hydrogens is 455 g/mol. The largest absolute Gasteiger partial charge is 0.366 e.